The minimum Gasteiger partial charge on any atom is -0.294 e. The lowest BCUT2D eigenvalue weighted by atomic mass is 9.84. The summed E-state index contributed by atoms with van der Waals surface area (Å²) < 4.78 is 37.2. The van der Waals surface area contributed by atoms with Crippen molar-refractivity contribution in [3.05, 3.63) is 41.8 Å². The number of carbonyl (C=O) groups excluding carboxylic acids is 1. The molecule has 0 spiro atoms. The molecule has 0 bridgehead atoms. The Morgan fingerprint density at radius 1 is 1.11 bits per heavy atom. The predicted molar refractivity (Wildman–Crippen MR) is 62.0 cm³/mol. The standard InChI is InChI=1S/C14H14F3O/c15-14(16,17)12-8-6-11(7-9-12)13(18)10-4-2-1-3-5-10/h4,6-10H,1-3,5H2. The minimum atomic E-state index is -4.35. The Morgan fingerprint density at radius 3 is 2.28 bits per heavy atom. The van der Waals surface area contributed by atoms with E-state index < -0.39 is 11.7 Å². The highest BCUT2D eigenvalue weighted by Crippen LogP contribution is 2.30. The number of hydrogen-bond donors (Lipinski definition) is 0. The van der Waals surface area contributed by atoms with E-state index in [2.05, 4.69) is 0 Å². The van der Waals surface area contributed by atoms with Crippen molar-refractivity contribution in [1.29, 1.82) is 0 Å². The van der Waals surface area contributed by atoms with E-state index in [1.165, 1.54) is 12.1 Å². The van der Waals surface area contributed by atoms with Gasteiger partial charge in [0.1, 0.15) is 0 Å². The van der Waals surface area contributed by atoms with Crippen LogP contribution in [0.5, 0.6) is 0 Å². The van der Waals surface area contributed by atoms with Crippen molar-refractivity contribution in [1.82, 2.24) is 0 Å². The number of hydrogen-bond acceptors (Lipinski definition) is 1. The van der Waals surface area contributed by atoms with Crippen molar-refractivity contribution in [2.24, 2.45) is 5.92 Å². The first-order valence-electron chi connectivity index (χ1n) is 6.03. The zero-order chi connectivity index (χ0) is 13.2. The predicted octanol–water partition coefficient (Wildman–Crippen LogP) is 4.28. The molecule has 1 fully saturated rings. The van der Waals surface area contributed by atoms with E-state index in [1.54, 1.807) is 0 Å². The van der Waals surface area contributed by atoms with Crippen LogP contribution >= 0.6 is 0 Å². The first-order valence-corrected chi connectivity index (χ1v) is 6.03. The van der Waals surface area contributed by atoms with Crippen LogP contribution in [0.15, 0.2) is 24.3 Å². The molecule has 1 radical (unpaired) electrons. The first kappa shape index (κ1) is 13.1. The summed E-state index contributed by atoms with van der Waals surface area (Å²) >= 11 is 0. The van der Waals surface area contributed by atoms with Gasteiger partial charge in [-0.1, -0.05) is 25.0 Å². The van der Waals surface area contributed by atoms with Crippen molar-refractivity contribution < 1.29 is 18.0 Å². The number of carbonyl (C=O) groups is 1. The summed E-state index contributed by atoms with van der Waals surface area (Å²) in [5.41, 5.74) is -0.349. The second kappa shape index (κ2) is 5.12. The van der Waals surface area contributed by atoms with Crippen LogP contribution in [0, 0.1) is 12.3 Å². The summed E-state index contributed by atoms with van der Waals surface area (Å²) in [5, 5.41) is 0. The topological polar surface area (TPSA) is 17.1 Å². The molecule has 4 heteroatoms. The lowest BCUT2D eigenvalue weighted by molar-refractivity contribution is -0.137. The zero-order valence-corrected chi connectivity index (χ0v) is 9.83. The second-order valence-corrected chi connectivity index (χ2v) is 4.57. The fourth-order valence-electron chi connectivity index (χ4n) is 2.22. The molecule has 0 aromatic heterocycles. The van der Waals surface area contributed by atoms with Crippen molar-refractivity contribution in [2.75, 3.05) is 0 Å². The van der Waals surface area contributed by atoms with E-state index in [1.807, 2.05) is 6.42 Å². The molecule has 0 saturated heterocycles. The van der Waals surface area contributed by atoms with Crippen LogP contribution in [0.25, 0.3) is 0 Å². The molecule has 0 amide bonds. The Bertz CT molecular complexity index is 414. The van der Waals surface area contributed by atoms with E-state index in [0.717, 1.165) is 37.8 Å². The minimum absolute atomic E-state index is 0.0663. The fraction of sp³-hybridized carbons (Fsp3) is 0.429. The molecule has 1 aliphatic rings. The molecule has 1 atom stereocenters. The maximum absolute atomic E-state index is 12.4. The summed E-state index contributed by atoms with van der Waals surface area (Å²) in [6, 6.07) is 4.48. The fourth-order valence-corrected chi connectivity index (χ4v) is 2.22. The molecule has 1 nitrogen and oxygen atoms in total. The van der Waals surface area contributed by atoms with Gasteiger partial charge in [0, 0.05) is 11.5 Å². The third-order valence-corrected chi connectivity index (χ3v) is 3.25. The number of halogens is 3. The first-order chi connectivity index (χ1) is 8.48. The quantitative estimate of drug-likeness (QED) is 0.721. The number of alkyl halides is 3. The largest absolute Gasteiger partial charge is 0.416 e. The van der Waals surface area contributed by atoms with Crippen molar-refractivity contribution >= 4 is 5.78 Å². The monoisotopic (exact) mass is 255 g/mol. The van der Waals surface area contributed by atoms with Gasteiger partial charge in [-0.2, -0.15) is 13.2 Å². The van der Waals surface area contributed by atoms with Gasteiger partial charge in [-0.05, 0) is 31.4 Å². The molecule has 18 heavy (non-hydrogen) atoms. The van der Waals surface area contributed by atoms with Crippen LogP contribution in [0.3, 0.4) is 0 Å². The SMILES string of the molecule is O=C(c1ccc(C(F)(F)F)cc1)C1[CH]CCCC1. The van der Waals surface area contributed by atoms with E-state index in [-0.39, 0.29) is 11.7 Å². The van der Waals surface area contributed by atoms with Gasteiger partial charge < -0.3 is 0 Å². The van der Waals surface area contributed by atoms with Gasteiger partial charge in [-0.15, -0.1) is 0 Å². The maximum Gasteiger partial charge on any atom is 0.416 e. The van der Waals surface area contributed by atoms with Gasteiger partial charge in [0.2, 0.25) is 0 Å². The normalized spacial score (nSPS) is 17.7. The van der Waals surface area contributed by atoms with Gasteiger partial charge in [-0.25, -0.2) is 0 Å². The molecule has 0 aliphatic heterocycles. The molecule has 1 aromatic carbocycles. The molecule has 2 rings (SSSR count). The van der Waals surface area contributed by atoms with Gasteiger partial charge in [0.25, 0.3) is 0 Å². The van der Waals surface area contributed by atoms with Crippen LogP contribution in [-0.4, -0.2) is 5.78 Å². The molecule has 0 heterocycles. The number of benzene rings is 1. The summed E-state index contributed by atoms with van der Waals surface area (Å²) in [5.74, 6) is -0.195. The lowest BCUT2D eigenvalue weighted by Crippen LogP contribution is -2.18. The average Bonchev–Trinajstić information content (AvgIpc) is 2.38. The number of Topliss-reactive ketones (excluding diaryl/α,β-unsaturated/α-hetero) is 1. The smallest absolute Gasteiger partial charge is 0.294 e. The maximum atomic E-state index is 12.4. The van der Waals surface area contributed by atoms with Crippen molar-refractivity contribution in [3.63, 3.8) is 0 Å². The van der Waals surface area contributed by atoms with Crippen LogP contribution in [-0.2, 0) is 6.18 Å². The Kier molecular flexibility index (Phi) is 3.73. The summed E-state index contributed by atoms with van der Waals surface area (Å²) in [6.07, 6.45) is 1.45. The lowest BCUT2D eigenvalue weighted by Gasteiger charge is -2.20. The summed E-state index contributed by atoms with van der Waals surface area (Å²) in [4.78, 5) is 12.0. The van der Waals surface area contributed by atoms with Crippen LogP contribution in [0.1, 0.15) is 41.6 Å². The molecule has 1 aliphatic carbocycles. The van der Waals surface area contributed by atoms with Gasteiger partial charge >= 0.3 is 6.18 Å². The number of ketones is 1. The third kappa shape index (κ3) is 2.92. The molecule has 1 unspecified atom stereocenters. The second-order valence-electron chi connectivity index (χ2n) is 4.57. The van der Waals surface area contributed by atoms with E-state index in [0.29, 0.717) is 5.56 Å². The Morgan fingerprint density at radius 2 is 1.78 bits per heavy atom. The average molecular weight is 255 g/mol. The highest BCUT2D eigenvalue weighted by molar-refractivity contribution is 5.98. The van der Waals surface area contributed by atoms with Gasteiger partial charge in [-0.3, -0.25) is 4.79 Å². The Labute approximate surface area is 104 Å². The van der Waals surface area contributed by atoms with Gasteiger partial charge in [0.15, 0.2) is 5.78 Å². The Balaban J connectivity index is 2.11. The zero-order valence-electron chi connectivity index (χ0n) is 9.83. The van der Waals surface area contributed by atoms with E-state index >= 15 is 0 Å². The van der Waals surface area contributed by atoms with Crippen LogP contribution in [0.2, 0.25) is 0 Å². The highest BCUT2D eigenvalue weighted by Gasteiger charge is 2.30. The molecule has 97 valence electrons. The van der Waals surface area contributed by atoms with E-state index in [4.69, 9.17) is 0 Å². The summed E-state index contributed by atoms with van der Waals surface area (Å²) in [6.45, 7) is 0. The van der Waals surface area contributed by atoms with Crippen molar-refractivity contribution in [3.8, 4) is 0 Å². The van der Waals surface area contributed by atoms with Crippen molar-refractivity contribution in [2.45, 2.75) is 31.9 Å². The third-order valence-electron chi connectivity index (χ3n) is 3.25. The molecule has 1 saturated carbocycles. The number of rotatable bonds is 2. The molecular formula is C14H14F3O. The summed E-state index contributed by atoms with van der Waals surface area (Å²) in [7, 11) is 0. The Hall–Kier alpha value is -1.32. The van der Waals surface area contributed by atoms with E-state index in [9.17, 15) is 18.0 Å². The van der Waals surface area contributed by atoms with Gasteiger partial charge in [0.05, 0.1) is 5.56 Å². The molecule has 1 aromatic rings. The molecule has 0 N–H and O–H groups in total. The highest BCUT2D eigenvalue weighted by atomic mass is 19.4. The van der Waals surface area contributed by atoms with Crippen LogP contribution < -0.4 is 0 Å². The van der Waals surface area contributed by atoms with Crippen LogP contribution in [0.4, 0.5) is 13.2 Å². The molecular weight excluding hydrogens is 241 g/mol.